The van der Waals surface area contributed by atoms with E-state index in [0.717, 1.165) is 27.8 Å². The fraction of sp³-hybridized carbons (Fsp3) is 0.111. The maximum atomic E-state index is 12.4. The van der Waals surface area contributed by atoms with E-state index in [2.05, 4.69) is 30.9 Å². The Hall–Kier alpha value is -3.68. The summed E-state index contributed by atoms with van der Waals surface area (Å²) in [4.78, 5) is 15.5. The number of aromatic amines is 2. The number of fused-ring (bicyclic) bond motifs is 1. The molecule has 2 heterocycles. The molecule has 8 heteroatoms. The van der Waals surface area contributed by atoms with E-state index in [1.807, 2.05) is 48.5 Å². The van der Waals surface area contributed by atoms with E-state index in [4.69, 9.17) is 4.74 Å². The van der Waals surface area contributed by atoms with Crippen LogP contribution in [0.2, 0.25) is 0 Å². The number of carbonyl (C=O) groups is 1. The van der Waals surface area contributed by atoms with Crippen LogP contribution in [0.4, 0.5) is 0 Å². The number of amides is 1. The SMILES string of the molecule is COc1ccc2cc(C(=O)NCc3ccc(-c4nn[nH]n4)cc3)[nH]c2c1. The minimum atomic E-state index is -0.164. The highest BCUT2D eigenvalue weighted by molar-refractivity contribution is 5.98. The molecule has 0 aliphatic carbocycles. The maximum absolute atomic E-state index is 12.4. The van der Waals surface area contributed by atoms with Gasteiger partial charge in [0, 0.05) is 29.1 Å². The van der Waals surface area contributed by atoms with Crippen molar-refractivity contribution in [1.29, 1.82) is 0 Å². The Morgan fingerprint density at radius 3 is 2.73 bits per heavy atom. The minimum absolute atomic E-state index is 0.164. The summed E-state index contributed by atoms with van der Waals surface area (Å²) < 4.78 is 5.20. The summed E-state index contributed by atoms with van der Waals surface area (Å²) in [6.45, 7) is 0.421. The molecule has 0 spiro atoms. The zero-order chi connectivity index (χ0) is 17.9. The number of hydrogen-bond donors (Lipinski definition) is 3. The predicted molar refractivity (Wildman–Crippen MR) is 95.6 cm³/mol. The number of methoxy groups -OCH3 is 1. The topological polar surface area (TPSA) is 109 Å². The van der Waals surface area contributed by atoms with Crippen LogP contribution in [0.1, 0.15) is 16.1 Å². The third kappa shape index (κ3) is 3.12. The molecule has 0 aliphatic heterocycles. The number of aromatic nitrogens is 5. The van der Waals surface area contributed by atoms with Gasteiger partial charge in [-0.05, 0) is 29.0 Å². The quantitative estimate of drug-likeness (QED) is 0.513. The molecular formula is C18H16N6O2. The lowest BCUT2D eigenvalue weighted by molar-refractivity contribution is 0.0946. The van der Waals surface area contributed by atoms with Gasteiger partial charge in [-0.15, -0.1) is 10.2 Å². The third-order valence-electron chi connectivity index (χ3n) is 4.08. The molecule has 130 valence electrons. The van der Waals surface area contributed by atoms with E-state index in [-0.39, 0.29) is 5.91 Å². The molecule has 26 heavy (non-hydrogen) atoms. The zero-order valence-corrected chi connectivity index (χ0v) is 14.0. The Kier molecular flexibility index (Phi) is 4.06. The van der Waals surface area contributed by atoms with Crippen molar-refractivity contribution < 1.29 is 9.53 Å². The van der Waals surface area contributed by atoms with Crippen LogP contribution in [0.5, 0.6) is 5.75 Å². The lowest BCUT2D eigenvalue weighted by Gasteiger charge is -2.04. The molecule has 0 fully saturated rings. The Morgan fingerprint density at radius 2 is 2.00 bits per heavy atom. The second-order valence-corrected chi connectivity index (χ2v) is 5.75. The Labute approximate surface area is 148 Å². The third-order valence-corrected chi connectivity index (χ3v) is 4.08. The fourth-order valence-corrected chi connectivity index (χ4v) is 2.69. The zero-order valence-electron chi connectivity index (χ0n) is 14.0. The van der Waals surface area contributed by atoms with Crippen LogP contribution >= 0.6 is 0 Å². The summed E-state index contributed by atoms with van der Waals surface area (Å²) in [5.41, 5.74) is 3.21. The summed E-state index contributed by atoms with van der Waals surface area (Å²) in [6, 6.07) is 15.1. The number of ether oxygens (including phenoxy) is 1. The highest BCUT2D eigenvalue weighted by atomic mass is 16.5. The van der Waals surface area contributed by atoms with Crippen molar-refractivity contribution in [3.8, 4) is 17.1 Å². The Balaban J connectivity index is 1.43. The number of rotatable bonds is 5. The molecule has 4 aromatic rings. The largest absolute Gasteiger partial charge is 0.497 e. The second kappa shape index (κ2) is 6.67. The summed E-state index contributed by atoms with van der Waals surface area (Å²) in [7, 11) is 1.61. The number of tetrazole rings is 1. The number of nitrogens with one attached hydrogen (secondary N) is 3. The molecule has 0 atom stereocenters. The average Bonchev–Trinajstić information content (AvgIpc) is 3.35. The lowest BCUT2D eigenvalue weighted by Crippen LogP contribution is -2.23. The van der Waals surface area contributed by atoms with Gasteiger partial charge in [0.15, 0.2) is 0 Å². The van der Waals surface area contributed by atoms with Gasteiger partial charge >= 0.3 is 0 Å². The van der Waals surface area contributed by atoms with Crippen LogP contribution in [0.15, 0.2) is 48.5 Å². The summed E-state index contributed by atoms with van der Waals surface area (Å²) in [6.07, 6.45) is 0. The number of nitrogens with zero attached hydrogens (tertiary/aromatic N) is 3. The molecule has 0 bridgehead atoms. The van der Waals surface area contributed by atoms with Gasteiger partial charge in [0.05, 0.1) is 7.11 Å². The highest BCUT2D eigenvalue weighted by Crippen LogP contribution is 2.21. The van der Waals surface area contributed by atoms with Crippen molar-refractivity contribution in [2.24, 2.45) is 0 Å². The molecule has 2 aromatic heterocycles. The molecule has 0 saturated heterocycles. The first-order valence-corrected chi connectivity index (χ1v) is 8.00. The van der Waals surface area contributed by atoms with Gasteiger partial charge in [-0.25, -0.2) is 0 Å². The first kappa shape index (κ1) is 15.8. The normalized spacial score (nSPS) is 10.8. The Bertz CT molecular complexity index is 1040. The van der Waals surface area contributed by atoms with Gasteiger partial charge in [-0.3, -0.25) is 4.79 Å². The van der Waals surface area contributed by atoms with Crippen molar-refractivity contribution in [3.05, 3.63) is 59.8 Å². The van der Waals surface area contributed by atoms with Gasteiger partial charge in [-0.1, -0.05) is 24.3 Å². The minimum Gasteiger partial charge on any atom is -0.497 e. The number of carbonyl (C=O) groups excluding carboxylic acids is 1. The van der Waals surface area contributed by atoms with Crippen molar-refractivity contribution >= 4 is 16.8 Å². The van der Waals surface area contributed by atoms with Crippen LogP contribution in [-0.2, 0) is 6.54 Å². The molecule has 0 aliphatic rings. The molecule has 4 rings (SSSR count). The molecule has 8 nitrogen and oxygen atoms in total. The van der Waals surface area contributed by atoms with E-state index in [1.54, 1.807) is 7.11 Å². The second-order valence-electron chi connectivity index (χ2n) is 5.75. The first-order valence-electron chi connectivity index (χ1n) is 8.00. The predicted octanol–water partition coefficient (Wildman–Crippen LogP) is 2.29. The van der Waals surface area contributed by atoms with Crippen molar-refractivity contribution in [2.75, 3.05) is 7.11 Å². The van der Waals surface area contributed by atoms with Crippen molar-refractivity contribution in [1.82, 2.24) is 30.9 Å². The number of hydrogen-bond acceptors (Lipinski definition) is 5. The molecule has 1 amide bonds. The van der Waals surface area contributed by atoms with E-state index >= 15 is 0 Å². The Morgan fingerprint density at radius 1 is 1.15 bits per heavy atom. The monoisotopic (exact) mass is 348 g/mol. The maximum Gasteiger partial charge on any atom is 0.267 e. The van der Waals surface area contributed by atoms with E-state index in [1.165, 1.54) is 0 Å². The molecule has 0 saturated carbocycles. The van der Waals surface area contributed by atoms with Crippen LogP contribution in [0, 0.1) is 0 Å². The fourth-order valence-electron chi connectivity index (χ4n) is 2.69. The van der Waals surface area contributed by atoms with E-state index in [0.29, 0.717) is 18.1 Å². The molecule has 0 radical (unpaired) electrons. The van der Waals surface area contributed by atoms with Gasteiger partial charge in [-0.2, -0.15) is 5.21 Å². The standard InChI is InChI=1S/C18H16N6O2/c1-26-14-7-6-13-8-16(20-15(13)9-14)18(25)19-10-11-2-4-12(5-3-11)17-21-23-24-22-17/h2-9,20H,10H2,1H3,(H,19,25)(H,21,22,23,24). The van der Waals surface area contributed by atoms with Crippen LogP contribution in [-0.4, -0.2) is 38.6 Å². The van der Waals surface area contributed by atoms with Crippen molar-refractivity contribution in [2.45, 2.75) is 6.54 Å². The van der Waals surface area contributed by atoms with Gasteiger partial charge in [0.2, 0.25) is 5.82 Å². The summed E-state index contributed by atoms with van der Waals surface area (Å²) in [5.74, 6) is 1.12. The lowest BCUT2D eigenvalue weighted by atomic mass is 10.1. The van der Waals surface area contributed by atoms with Crippen LogP contribution in [0.25, 0.3) is 22.3 Å². The summed E-state index contributed by atoms with van der Waals surface area (Å²) in [5, 5.41) is 17.7. The van der Waals surface area contributed by atoms with Crippen molar-refractivity contribution in [3.63, 3.8) is 0 Å². The number of benzene rings is 2. The van der Waals surface area contributed by atoms with Crippen LogP contribution < -0.4 is 10.1 Å². The molecular weight excluding hydrogens is 332 g/mol. The molecule has 3 N–H and O–H groups in total. The molecule has 0 unspecified atom stereocenters. The van der Waals surface area contributed by atoms with E-state index < -0.39 is 0 Å². The van der Waals surface area contributed by atoms with Gasteiger partial charge in [0.1, 0.15) is 11.4 Å². The average molecular weight is 348 g/mol. The van der Waals surface area contributed by atoms with Gasteiger partial charge in [0.25, 0.3) is 5.91 Å². The summed E-state index contributed by atoms with van der Waals surface area (Å²) >= 11 is 0. The first-order chi connectivity index (χ1) is 12.7. The number of H-pyrrole nitrogens is 2. The smallest absolute Gasteiger partial charge is 0.267 e. The van der Waals surface area contributed by atoms with Crippen LogP contribution in [0.3, 0.4) is 0 Å². The molecule has 2 aromatic carbocycles. The van der Waals surface area contributed by atoms with Gasteiger partial charge < -0.3 is 15.0 Å². The highest BCUT2D eigenvalue weighted by Gasteiger charge is 2.10. The van der Waals surface area contributed by atoms with E-state index in [9.17, 15) is 4.79 Å².